The Morgan fingerprint density at radius 1 is 1.13 bits per heavy atom. The van der Waals surface area contributed by atoms with E-state index in [1.807, 2.05) is 12.1 Å². The summed E-state index contributed by atoms with van der Waals surface area (Å²) in [6.45, 7) is 0. The Bertz CT molecular complexity index is 754. The second-order valence-electron chi connectivity index (χ2n) is 5.85. The molecule has 4 rings (SSSR count). The molecule has 0 unspecified atom stereocenters. The standard InChI is InChI=1S/C17H15ClN2O2S/c18-11-6-4-10(5-7-11)16-15-12(2-1-3-13(15)21)19-17-20(16)14(22)8-9-23-17/h4-7,16H,1-3,8-9H2/t16-/m0/s1. The zero-order valence-electron chi connectivity index (χ0n) is 12.4. The second kappa shape index (κ2) is 5.80. The van der Waals surface area contributed by atoms with Gasteiger partial charge in [-0.1, -0.05) is 35.5 Å². The minimum absolute atomic E-state index is 0.0346. The molecule has 1 aromatic carbocycles. The molecule has 0 N–H and O–H groups in total. The van der Waals surface area contributed by atoms with Gasteiger partial charge in [0.25, 0.3) is 0 Å². The zero-order chi connectivity index (χ0) is 16.0. The minimum Gasteiger partial charge on any atom is -0.294 e. The lowest BCUT2D eigenvalue weighted by atomic mass is 9.85. The summed E-state index contributed by atoms with van der Waals surface area (Å²) in [6, 6.07) is 7.04. The highest BCUT2D eigenvalue weighted by Crippen LogP contribution is 2.43. The summed E-state index contributed by atoms with van der Waals surface area (Å²) in [5, 5.41) is 1.37. The van der Waals surface area contributed by atoms with E-state index in [-0.39, 0.29) is 17.7 Å². The number of Topliss-reactive ketones (excluding diaryl/α,β-unsaturated/α-hetero) is 1. The zero-order valence-corrected chi connectivity index (χ0v) is 14.0. The summed E-state index contributed by atoms with van der Waals surface area (Å²) in [4.78, 5) is 31.4. The molecular formula is C17H15ClN2O2S. The van der Waals surface area contributed by atoms with Crippen molar-refractivity contribution in [3.63, 3.8) is 0 Å². The third-order valence-electron chi connectivity index (χ3n) is 4.40. The number of thioether (sulfide) groups is 1. The summed E-state index contributed by atoms with van der Waals surface area (Å²) >= 11 is 7.59. The maximum absolute atomic E-state index is 12.6. The molecule has 2 aliphatic heterocycles. The summed E-state index contributed by atoms with van der Waals surface area (Å²) < 4.78 is 0. The predicted molar refractivity (Wildman–Crippen MR) is 91.4 cm³/mol. The molecule has 3 aliphatic rings. The largest absolute Gasteiger partial charge is 0.294 e. The second-order valence-corrected chi connectivity index (χ2v) is 7.35. The van der Waals surface area contributed by atoms with Gasteiger partial charge in [0.1, 0.15) is 0 Å². The van der Waals surface area contributed by atoms with Crippen LogP contribution >= 0.6 is 23.4 Å². The number of ketones is 1. The Kier molecular flexibility index (Phi) is 3.77. The van der Waals surface area contributed by atoms with Gasteiger partial charge >= 0.3 is 0 Å². The highest BCUT2D eigenvalue weighted by molar-refractivity contribution is 8.14. The van der Waals surface area contributed by atoms with Crippen LogP contribution in [0.3, 0.4) is 0 Å². The molecule has 4 nitrogen and oxygen atoms in total. The molecule has 1 aromatic rings. The summed E-state index contributed by atoms with van der Waals surface area (Å²) in [5.41, 5.74) is 2.47. The first kappa shape index (κ1) is 15.0. The fourth-order valence-corrected chi connectivity index (χ4v) is 4.45. The molecule has 23 heavy (non-hydrogen) atoms. The van der Waals surface area contributed by atoms with Gasteiger partial charge in [0, 0.05) is 29.2 Å². The van der Waals surface area contributed by atoms with E-state index < -0.39 is 0 Å². The predicted octanol–water partition coefficient (Wildman–Crippen LogP) is 3.72. The fourth-order valence-electron chi connectivity index (χ4n) is 3.35. The fraction of sp³-hybridized carbons (Fsp3) is 0.353. The quantitative estimate of drug-likeness (QED) is 0.778. The molecule has 0 aromatic heterocycles. The van der Waals surface area contributed by atoms with E-state index in [1.54, 1.807) is 28.8 Å². The Morgan fingerprint density at radius 2 is 1.91 bits per heavy atom. The molecular weight excluding hydrogens is 332 g/mol. The van der Waals surface area contributed by atoms with Crippen molar-refractivity contribution in [3.8, 4) is 0 Å². The smallest absolute Gasteiger partial charge is 0.230 e. The van der Waals surface area contributed by atoms with Crippen molar-refractivity contribution >= 4 is 40.2 Å². The number of hydrogen-bond donors (Lipinski definition) is 0. The Labute approximate surface area is 143 Å². The molecule has 6 heteroatoms. The average molecular weight is 347 g/mol. The van der Waals surface area contributed by atoms with Crippen molar-refractivity contribution in [2.75, 3.05) is 5.75 Å². The van der Waals surface area contributed by atoms with Crippen LogP contribution in [0, 0.1) is 0 Å². The Hall–Kier alpha value is -1.59. The Morgan fingerprint density at radius 3 is 2.70 bits per heavy atom. The van der Waals surface area contributed by atoms with Gasteiger partial charge in [-0.25, -0.2) is 4.99 Å². The van der Waals surface area contributed by atoms with Crippen LogP contribution in [0.4, 0.5) is 0 Å². The van der Waals surface area contributed by atoms with E-state index >= 15 is 0 Å². The average Bonchev–Trinajstić information content (AvgIpc) is 2.54. The number of nitrogens with zero attached hydrogens (tertiary/aromatic N) is 2. The monoisotopic (exact) mass is 346 g/mol. The first-order valence-electron chi connectivity index (χ1n) is 7.70. The molecule has 0 radical (unpaired) electrons. The Balaban J connectivity index is 1.89. The number of amidine groups is 1. The lowest BCUT2D eigenvalue weighted by Gasteiger charge is -2.40. The number of aliphatic imine (C=N–C) groups is 1. The van der Waals surface area contributed by atoms with Gasteiger partial charge in [0.2, 0.25) is 5.91 Å². The van der Waals surface area contributed by atoms with Gasteiger partial charge in [-0.05, 0) is 30.5 Å². The summed E-state index contributed by atoms with van der Waals surface area (Å²) in [5.74, 6) is 0.891. The third-order valence-corrected chi connectivity index (χ3v) is 5.60. The van der Waals surface area contributed by atoms with E-state index in [1.165, 1.54) is 0 Å². The highest BCUT2D eigenvalue weighted by atomic mass is 35.5. The van der Waals surface area contributed by atoms with Crippen LogP contribution in [0.15, 0.2) is 40.5 Å². The van der Waals surface area contributed by atoms with Crippen molar-refractivity contribution in [2.45, 2.75) is 31.7 Å². The van der Waals surface area contributed by atoms with Gasteiger partial charge in [0.05, 0.1) is 11.7 Å². The van der Waals surface area contributed by atoms with E-state index in [0.29, 0.717) is 23.4 Å². The number of carbonyl (C=O) groups is 2. The molecule has 1 saturated heterocycles. The first-order valence-corrected chi connectivity index (χ1v) is 9.07. The minimum atomic E-state index is -0.358. The van der Waals surface area contributed by atoms with E-state index in [2.05, 4.69) is 4.99 Å². The first-order chi connectivity index (χ1) is 11.1. The molecule has 1 fully saturated rings. The van der Waals surface area contributed by atoms with Crippen LogP contribution in [0.2, 0.25) is 5.02 Å². The number of amides is 1. The van der Waals surface area contributed by atoms with Gasteiger partial charge in [-0.15, -0.1) is 0 Å². The van der Waals surface area contributed by atoms with Gasteiger partial charge < -0.3 is 0 Å². The van der Waals surface area contributed by atoms with Crippen molar-refractivity contribution in [2.24, 2.45) is 4.99 Å². The van der Waals surface area contributed by atoms with Crippen molar-refractivity contribution in [1.29, 1.82) is 0 Å². The molecule has 0 bridgehead atoms. The van der Waals surface area contributed by atoms with Crippen molar-refractivity contribution < 1.29 is 9.59 Å². The van der Waals surface area contributed by atoms with Gasteiger partial charge in [0.15, 0.2) is 11.0 Å². The summed E-state index contributed by atoms with van der Waals surface area (Å²) in [7, 11) is 0. The maximum Gasteiger partial charge on any atom is 0.230 e. The van der Waals surface area contributed by atoms with E-state index in [0.717, 1.165) is 35.0 Å². The highest BCUT2D eigenvalue weighted by Gasteiger charge is 2.42. The van der Waals surface area contributed by atoms with Crippen LogP contribution in [0.5, 0.6) is 0 Å². The number of halogens is 1. The van der Waals surface area contributed by atoms with Crippen molar-refractivity contribution in [1.82, 2.24) is 4.90 Å². The molecule has 1 aliphatic carbocycles. The third kappa shape index (κ3) is 2.52. The lowest BCUT2D eigenvalue weighted by Crippen LogP contribution is -2.46. The van der Waals surface area contributed by atoms with Crippen LogP contribution in [0.1, 0.15) is 37.3 Å². The molecule has 118 valence electrons. The number of allylic oxidation sites excluding steroid dienone is 1. The maximum atomic E-state index is 12.6. The van der Waals surface area contributed by atoms with Gasteiger partial charge in [-0.3, -0.25) is 14.5 Å². The topological polar surface area (TPSA) is 49.7 Å². The van der Waals surface area contributed by atoms with Crippen LogP contribution in [0.25, 0.3) is 0 Å². The van der Waals surface area contributed by atoms with Crippen molar-refractivity contribution in [3.05, 3.63) is 46.1 Å². The number of benzene rings is 1. The van der Waals surface area contributed by atoms with E-state index in [9.17, 15) is 9.59 Å². The normalized spacial score (nSPS) is 24.3. The number of fused-ring (bicyclic) bond motifs is 1. The summed E-state index contributed by atoms with van der Waals surface area (Å²) in [6.07, 6.45) is 2.64. The molecule has 1 amide bonds. The number of hydrogen-bond acceptors (Lipinski definition) is 4. The number of carbonyl (C=O) groups excluding carboxylic acids is 2. The van der Waals surface area contributed by atoms with Crippen LogP contribution in [-0.4, -0.2) is 27.5 Å². The number of rotatable bonds is 1. The van der Waals surface area contributed by atoms with Crippen LogP contribution in [-0.2, 0) is 9.59 Å². The van der Waals surface area contributed by atoms with Crippen LogP contribution < -0.4 is 0 Å². The molecule has 1 atom stereocenters. The molecule has 0 saturated carbocycles. The molecule has 2 heterocycles. The lowest BCUT2D eigenvalue weighted by molar-refractivity contribution is -0.128. The van der Waals surface area contributed by atoms with Gasteiger partial charge in [-0.2, -0.15) is 0 Å². The SMILES string of the molecule is O=C1CCCC2=C1[C@H](c1ccc(Cl)cc1)N1C(=O)CCSC1=N2. The van der Waals surface area contributed by atoms with E-state index in [4.69, 9.17) is 11.6 Å². The molecule has 0 spiro atoms.